The minimum atomic E-state index is -0.244. The van der Waals surface area contributed by atoms with Gasteiger partial charge in [0.2, 0.25) is 0 Å². The van der Waals surface area contributed by atoms with Gasteiger partial charge in [-0.1, -0.05) is 22.9 Å². The van der Waals surface area contributed by atoms with E-state index in [4.69, 9.17) is 16.3 Å². The second-order valence-electron chi connectivity index (χ2n) is 8.26. The highest BCUT2D eigenvalue weighted by Crippen LogP contribution is 2.30. The van der Waals surface area contributed by atoms with E-state index in [9.17, 15) is 9.59 Å². The number of ether oxygens (including phenoxy) is 1. The smallest absolute Gasteiger partial charge is 0.275 e. The van der Waals surface area contributed by atoms with Crippen LogP contribution in [0.4, 0.5) is 0 Å². The van der Waals surface area contributed by atoms with Crippen LogP contribution in [-0.2, 0) is 4.79 Å². The molecule has 34 heavy (non-hydrogen) atoms. The van der Waals surface area contributed by atoms with E-state index in [1.165, 1.54) is 11.3 Å². The van der Waals surface area contributed by atoms with E-state index in [1.807, 2.05) is 23.1 Å². The van der Waals surface area contributed by atoms with Crippen LogP contribution in [0.2, 0.25) is 5.02 Å². The van der Waals surface area contributed by atoms with Gasteiger partial charge in [-0.05, 0) is 49.3 Å². The largest absolute Gasteiger partial charge is 0.484 e. The van der Waals surface area contributed by atoms with Crippen LogP contribution in [0.5, 0.6) is 5.75 Å². The average Bonchev–Trinajstić information content (AvgIpc) is 3.53. The van der Waals surface area contributed by atoms with E-state index >= 15 is 0 Å². The summed E-state index contributed by atoms with van der Waals surface area (Å²) < 4.78 is 5.57. The zero-order chi connectivity index (χ0) is 23.5. The zero-order valence-corrected chi connectivity index (χ0v) is 19.8. The summed E-state index contributed by atoms with van der Waals surface area (Å²) in [5, 5.41) is 14.1. The molecule has 1 fully saturated rings. The molecule has 5 rings (SSSR count). The van der Waals surface area contributed by atoms with E-state index in [0.29, 0.717) is 35.3 Å². The normalized spacial score (nSPS) is 21.6. The maximum atomic E-state index is 12.7. The fourth-order valence-electron chi connectivity index (χ4n) is 4.06. The first-order valence-corrected chi connectivity index (χ1v) is 12.3. The van der Waals surface area contributed by atoms with Gasteiger partial charge in [0, 0.05) is 35.1 Å². The number of aromatic nitrogens is 1. The van der Waals surface area contributed by atoms with Crippen molar-refractivity contribution < 1.29 is 14.3 Å². The Morgan fingerprint density at radius 1 is 1.24 bits per heavy atom. The summed E-state index contributed by atoms with van der Waals surface area (Å²) >= 11 is 7.36. The molecule has 2 aromatic rings. The minimum absolute atomic E-state index is 0.00277. The van der Waals surface area contributed by atoms with Gasteiger partial charge in [-0.15, -0.1) is 11.3 Å². The number of carbonyl (C=O) groups excluding carboxylic acids is 2. The molecule has 2 amide bonds. The Labute approximate surface area is 205 Å². The van der Waals surface area contributed by atoms with Crippen LogP contribution in [0.15, 0.2) is 63.9 Å². The predicted octanol–water partition coefficient (Wildman–Crippen LogP) is 3.47. The number of hydrogen-bond donors (Lipinski definition) is 2. The summed E-state index contributed by atoms with van der Waals surface area (Å²) in [7, 11) is 0. The van der Waals surface area contributed by atoms with Crippen LogP contribution in [0.3, 0.4) is 0 Å². The Morgan fingerprint density at radius 2 is 2.03 bits per heavy atom. The highest BCUT2D eigenvalue weighted by atomic mass is 35.5. The topological polar surface area (TPSA) is 108 Å². The standard InChI is InChI=1S/C23H23ClN6O3S/c24-15-1-4-17(5-2-15)33-12-21(31)30-9-7-14(8-10-30)23-26-20(13-34-23)22(32)25-16-3-6-18-19(11-16)28-29-27-18/h1-6,11,13-14,18-19H,7-10,12H2,(H,25,32)(H,27,28). The summed E-state index contributed by atoms with van der Waals surface area (Å²) in [5.74, 6) is 0.560. The van der Waals surface area contributed by atoms with Crippen molar-refractivity contribution in [3.8, 4) is 5.75 Å². The zero-order valence-electron chi connectivity index (χ0n) is 18.2. The number of benzene rings is 1. The first-order chi connectivity index (χ1) is 16.5. The molecule has 0 saturated carbocycles. The van der Waals surface area contributed by atoms with Crippen LogP contribution in [0.1, 0.15) is 34.3 Å². The lowest BCUT2D eigenvalue weighted by molar-refractivity contribution is -0.134. The van der Waals surface area contributed by atoms with Gasteiger partial charge in [0.15, 0.2) is 6.61 Å². The highest BCUT2D eigenvalue weighted by Gasteiger charge is 2.28. The number of hydrogen-bond acceptors (Lipinski definition) is 8. The summed E-state index contributed by atoms with van der Waals surface area (Å²) in [4.78, 5) is 31.6. The number of halogens is 1. The van der Waals surface area contributed by atoms with Gasteiger partial charge in [-0.3, -0.25) is 15.0 Å². The molecular weight excluding hydrogens is 476 g/mol. The third-order valence-electron chi connectivity index (χ3n) is 5.98. The third kappa shape index (κ3) is 5.13. The van der Waals surface area contributed by atoms with Gasteiger partial charge in [0.1, 0.15) is 17.5 Å². The molecule has 1 saturated heterocycles. The van der Waals surface area contributed by atoms with Crippen molar-refractivity contribution >= 4 is 34.8 Å². The fourth-order valence-corrected chi connectivity index (χ4v) is 5.15. The number of fused-ring (bicyclic) bond motifs is 1. The monoisotopic (exact) mass is 498 g/mol. The van der Waals surface area contributed by atoms with Crippen molar-refractivity contribution in [1.29, 1.82) is 0 Å². The average molecular weight is 499 g/mol. The quantitative estimate of drug-likeness (QED) is 0.634. The second-order valence-corrected chi connectivity index (χ2v) is 9.59. The van der Waals surface area contributed by atoms with Crippen molar-refractivity contribution in [2.24, 2.45) is 10.3 Å². The van der Waals surface area contributed by atoms with Gasteiger partial charge >= 0.3 is 0 Å². The molecule has 11 heteroatoms. The molecule has 1 aromatic carbocycles. The molecule has 176 valence electrons. The lowest BCUT2D eigenvalue weighted by Gasteiger charge is -2.31. The maximum Gasteiger partial charge on any atom is 0.275 e. The molecule has 2 unspecified atom stereocenters. The van der Waals surface area contributed by atoms with Crippen LogP contribution in [0.25, 0.3) is 0 Å². The van der Waals surface area contributed by atoms with Gasteiger partial charge in [-0.2, -0.15) is 5.11 Å². The molecule has 2 N–H and O–H groups in total. The van der Waals surface area contributed by atoms with Crippen molar-refractivity contribution in [1.82, 2.24) is 20.6 Å². The molecule has 3 aliphatic rings. The van der Waals surface area contributed by atoms with E-state index in [0.717, 1.165) is 17.8 Å². The molecule has 9 nitrogen and oxygen atoms in total. The number of nitrogens with one attached hydrogen (secondary N) is 2. The van der Waals surface area contributed by atoms with Crippen LogP contribution in [-0.4, -0.2) is 53.5 Å². The Kier molecular flexibility index (Phi) is 6.59. The number of thiazole rings is 1. The summed E-state index contributed by atoms with van der Waals surface area (Å²) in [5.41, 5.74) is 3.99. The molecule has 2 atom stereocenters. The highest BCUT2D eigenvalue weighted by molar-refractivity contribution is 7.09. The summed E-state index contributed by atoms with van der Waals surface area (Å²) in [6.07, 6.45) is 7.26. The molecule has 0 bridgehead atoms. The fraction of sp³-hybridized carbons (Fsp3) is 0.348. The minimum Gasteiger partial charge on any atom is -0.484 e. The molecule has 2 aliphatic heterocycles. The Morgan fingerprint density at radius 3 is 2.82 bits per heavy atom. The molecule has 0 spiro atoms. The van der Waals surface area contributed by atoms with Crippen molar-refractivity contribution in [3.63, 3.8) is 0 Å². The summed E-state index contributed by atoms with van der Waals surface area (Å²) in [6, 6.07) is 6.89. The number of likely N-dealkylation sites (tertiary alicyclic amines) is 1. The predicted molar refractivity (Wildman–Crippen MR) is 128 cm³/mol. The van der Waals surface area contributed by atoms with E-state index in [-0.39, 0.29) is 36.4 Å². The maximum absolute atomic E-state index is 12.7. The van der Waals surface area contributed by atoms with Gasteiger partial charge in [0.05, 0.1) is 11.0 Å². The number of nitrogens with zero attached hydrogens (tertiary/aromatic N) is 4. The van der Waals surface area contributed by atoms with Crippen LogP contribution < -0.4 is 15.5 Å². The van der Waals surface area contributed by atoms with Crippen LogP contribution >= 0.6 is 22.9 Å². The summed E-state index contributed by atoms with van der Waals surface area (Å²) in [6.45, 7) is 1.27. The van der Waals surface area contributed by atoms with E-state index in [1.54, 1.807) is 29.6 Å². The Hall–Kier alpha value is -3.24. The molecule has 3 heterocycles. The molecule has 1 aromatic heterocycles. The second kappa shape index (κ2) is 9.94. The number of piperidine rings is 1. The van der Waals surface area contributed by atoms with Gasteiger partial charge < -0.3 is 15.0 Å². The first-order valence-electron chi connectivity index (χ1n) is 11.0. The van der Waals surface area contributed by atoms with Crippen molar-refractivity contribution in [2.45, 2.75) is 30.8 Å². The van der Waals surface area contributed by atoms with Crippen LogP contribution in [0, 0.1) is 0 Å². The number of carbonyl (C=O) groups is 2. The van der Waals surface area contributed by atoms with Crippen molar-refractivity contribution in [3.05, 3.63) is 69.3 Å². The van der Waals surface area contributed by atoms with E-state index < -0.39 is 0 Å². The molecule has 0 radical (unpaired) electrons. The SMILES string of the molecule is O=C(NC1=CC2N=NNC2C=C1)c1csc(C2CCN(C(=O)COc3ccc(Cl)cc3)CC2)n1. The number of rotatable bonds is 6. The van der Waals surface area contributed by atoms with E-state index in [2.05, 4.69) is 26.1 Å². The lowest BCUT2D eigenvalue weighted by Crippen LogP contribution is -2.40. The number of amides is 2. The van der Waals surface area contributed by atoms with Crippen molar-refractivity contribution in [2.75, 3.05) is 19.7 Å². The Balaban J connectivity index is 1.10. The molecule has 1 aliphatic carbocycles. The first kappa shape index (κ1) is 22.5. The molecular formula is C23H23ClN6O3S. The van der Waals surface area contributed by atoms with Gasteiger partial charge in [-0.25, -0.2) is 4.98 Å². The third-order valence-corrected chi connectivity index (χ3v) is 7.24. The number of allylic oxidation sites excluding steroid dienone is 1. The lowest BCUT2D eigenvalue weighted by atomic mass is 9.97. The van der Waals surface area contributed by atoms with Gasteiger partial charge in [0.25, 0.3) is 11.8 Å². The Bertz CT molecular complexity index is 1150.